The molecule has 0 heteroatoms. The van der Waals surface area contributed by atoms with Gasteiger partial charge >= 0.3 is 0 Å². The zero-order valence-corrected chi connectivity index (χ0v) is 21.4. The minimum absolute atomic E-state index is 0.840. The number of allylic oxidation sites excluding steroid dienone is 2. The van der Waals surface area contributed by atoms with Gasteiger partial charge in [0.25, 0.3) is 0 Å². The number of rotatable bonds is 5. The molecule has 0 spiro atoms. The van der Waals surface area contributed by atoms with Gasteiger partial charge in [0.15, 0.2) is 0 Å². The van der Waals surface area contributed by atoms with Crippen molar-refractivity contribution in [2.75, 3.05) is 0 Å². The quantitative estimate of drug-likeness (QED) is 0.376. The maximum atomic E-state index is 3.61. The van der Waals surface area contributed by atoms with E-state index in [4.69, 9.17) is 0 Å². The molecule has 0 nitrogen and oxygen atoms in total. The van der Waals surface area contributed by atoms with Gasteiger partial charge in [-0.25, -0.2) is 0 Å². The first-order chi connectivity index (χ1) is 15.8. The van der Waals surface area contributed by atoms with Crippen LogP contribution in [0.1, 0.15) is 142 Å². The Kier molecular flexibility index (Phi) is 12.7. The van der Waals surface area contributed by atoms with Crippen molar-refractivity contribution in [3.63, 3.8) is 0 Å². The second-order valence-electron chi connectivity index (χ2n) is 11.4. The van der Waals surface area contributed by atoms with E-state index in [2.05, 4.69) is 36.6 Å². The lowest BCUT2D eigenvalue weighted by molar-refractivity contribution is 0.361. The predicted octanol–water partition coefficient (Wildman–Crippen LogP) is 10.5. The van der Waals surface area contributed by atoms with Gasteiger partial charge in [0.1, 0.15) is 0 Å². The minimum Gasteiger partial charge on any atom is -0.129 e. The van der Waals surface area contributed by atoms with Crippen molar-refractivity contribution in [3.05, 3.63) is 35.3 Å². The van der Waals surface area contributed by atoms with Crippen LogP contribution in [0, 0.1) is 23.7 Å². The normalized spacial score (nSPS) is 23.8. The largest absolute Gasteiger partial charge is 0.129 e. The molecule has 4 saturated carbocycles. The van der Waals surface area contributed by atoms with E-state index in [1.54, 1.807) is 0 Å². The van der Waals surface area contributed by atoms with Gasteiger partial charge in [0.05, 0.1) is 0 Å². The summed E-state index contributed by atoms with van der Waals surface area (Å²) in [7, 11) is 0. The van der Waals surface area contributed by atoms with E-state index in [1.165, 1.54) is 140 Å². The standard InChI is InChI=1S/2C16H26/c1-14(16-10-6-3-7-11-16)12-13-15-8-4-2-5-9-15;1-3-9-15(10-4-1)13-7-8-14-16-11-5-2-6-12-16/h13,15-16H,2-11H2,1H3;7,14-16H,1-6,9-13H2. The molecule has 4 fully saturated rings. The third-order valence-corrected chi connectivity index (χ3v) is 8.69. The van der Waals surface area contributed by atoms with Gasteiger partial charge < -0.3 is 0 Å². The zero-order valence-electron chi connectivity index (χ0n) is 21.4. The fraction of sp³-hybridized carbons (Fsp3) is 0.812. The molecule has 0 aromatic rings. The molecule has 4 aliphatic rings. The van der Waals surface area contributed by atoms with Gasteiger partial charge in [-0.15, -0.1) is 11.5 Å². The highest BCUT2D eigenvalue weighted by Gasteiger charge is 2.15. The summed E-state index contributed by atoms with van der Waals surface area (Å²) < 4.78 is 0. The summed E-state index contributed by atoms with van der Waals surface area (Å²) in [5, 5.41) is 0. The molecule has 0 saturated heterocycles. The molecule has 0 aromatic heterocycles. The van der Waals surface area contributed by atoms with E-state index in [1.807, 2.05) is 0 Å². The highest BCUT2D eigenvalue weighted by atomic mass is 14.2. The molecule has 180 valence electrons. The van der Waals surface area contributed by atoms with Crippen LogP contribution in [-0.4, -0.2) is 0 Å². The van der Waals surface area contributed by atoms with E-state index >= 15 is 0 Å². The first-order valence-corrected chi connectivity index (χ1v) is 14.7. The van der Waals surface area contributed by atoms with Crippen molar-refractivity contribution in [1.82, 2.24) is 0 Å². The molecule has 0 aliphatic heterocycles. The van der Waals surface area contributed by atoms with Crippen molar-refractivity contribution in [3.8, 4) is 0 Å². The molecule has 4 aliphatic carbocycles. The average Bonchev–Trinajstić information content (AvgIpc) is 2.88. The molecular formula is C32H52. The molecule has 0 aromatic carbocycles. The molecule has 0 radical (unpaired) electrons. The van der Waals surface area contributed by atoms with Gasteiger partial charge in [-0.2, -0.15) is 0 Å². The fourth-order valence-corrected chi connectivity index (χ4v) is 6.37. The van der Waals surface area contributed by atoms with Crippen LogP contribution in [0.5, 0.6) is 0 Å². The fourth-order valence-electron chi connectivity index (χ4n) is 6.37. The van der Waals surface area contributed by atoms with Crippen LogP contribution >= 0.6 is 0 Å². The molecule has 0 bridgehead atoms. The van der Waals surface area contributed by atoms with Crippen LogP contribution in [0.2, 0.25) is 0 Å². The lowest BCUT2D eigenvalue weighted by Gasteiger charge is -2.21. The summed E-state index contributed by atoms with van der Waals surface area (Å²) in [5.41, 5.74) is 8.60. The molecular weight excluding hydrogens is 384 g/mol. The Hall–Kier alpha value is -0.960. The summed E-state index contributed by atoms with van der Waals surface area (Å²) >= 11 is 0. The van der Waals surface area contributed by atoms with Crippen LogP contribution in [0.4, 0.5) is 0 Å². The molecule has 0 atom stereocenters. The maximum Gasteiger partial charge on any atom is -0.0130 e. The number of hydrogen-bond acceptors (Lipinski definition) is 0. The third-order valence-electron chi connectivity index (χ3n) is 8.69. The summed E-state index contributed by atoms with van der Waals surface area (Å²) in [4.78, 5) is 0. The molecule has 0 heterocycles. The molecule has 0 amide bonds. The Morgan fingerprint density at radius 3 is 1.62 bits per heavy atom. The minimum atomic E-state index is 0.840. The van der Waals surface area contributed by atoms with Crippen LogP contribution in [0.15, 0.2) is 35.3 Å². The zero-order chi connectivity index (χ0) is 22.3. The second-order valence-corrected chi connectivity index (χ2v) is 11.4. The Balaban J connectivity index is 0.000000181. The Bertz CT molecular complexity index is 600. The third kappa shape index (κ3) is 10.3. The van der Waals surface area contributed by atoms with Crippen LogP contribution < -0.4 is 0 Å². The van der Waals surface area contributed by atoms with Crippen LogP contribution in [0.3, 0.4) is 0 Å². The Labute approximate surface area is 200 Å². The van der Waals surface area contributed by atoms with Crippen molar-refractivity contribution < 1.29 is 0 Å². The van der Waals surface area contributed by atoms with E-state index in [9.17, 15) is 0 Å². The molecule has 0 unspecified atom stereocenters. The molecule has 4 rings (SSSR count). The lowest BCUT2D eigenvalue weighted by atomic mass is 9.84. The summed E-state index contributed by atoms with van der Waals surface area (Å²) in [6.45, 7) is 2.30. The van der Waals surface area contributed by atoms with E-state index in [0.29, 0.717) is 0 Å². The van der Waals surface area contributed by atoms with E-state index < -0.39 is 0 Å². The van der Waals surface area contributed by atoms with Crippen LogP contribution in [-0.2, 0) is 0 Å². The van der Waals surface area contributed by atoms with Gasteiger partial charge in [0, 0.05) is 0 Å². The Morgan fingerprint density at radius 1 is 0.594 bits per heavy atom. The van der Waals surface area contributed by atoms with E-state index in [0.717, 1.165) is 23.7 Å². The van der Waals surface area contributed by atoms with Crippen molar-refractivity contribution in [2.24, 2.45) is 23.7 Å². The molecule has 32 heavy (non-hydrogen) atoms. The summed E-state index contributed by atoms with van der Waals surface area (Å²) in [6.07, 6.45) is 37.1. The average molecular weight is 437 g/mol. The SMILES string of the molecule is C(=CCC1CCCCC1)=CC1CCCCC1.CC(=C=CC1CCCCC1)C1CCCCC1. The van der Waals surface area contributed by atoms with Crippen molar-refractivity contribution >= 4 is 0 Å². The van der Waals surface area contributed by atoms with Gasteiger partial charge in [-0.1, -0.05) is 89.9 Å². The van der Waals surface area contributed by atoms with Crippen molar-refractivity contribution in [2.45, 2.75) is 142 Å². The predicted molar refractivity (Wildman–Crippen MR) is 141 cm³/mol. The van der Waals surface area contributed by atoms with Gasteiger partial charge in [0.2, 0.25) is 0 Å². The smallest absolute Gasteiger partial charge is 0.0130 e. The highest BCUT2D eigenvalue weighted by Crippen LogP contribution is 2.30. The lowest BCUT2D eigenvalue weighted by Crippen LogP contribution is -2.07. The first-order valence-electron chi connectivity index (χ1n) is 14.7. The van der Waals surface area contributed by atoms with Gasteiger partial charge in [-0.05, 0) is 99.3 Å². The number of hydrogen-bond donors (Lipinski definition) is 0. The monoisotopic (exact) mass is 436 g/mol. The Morgan fingerprint density at radius 2 is 1.06 bits per heavy atom. The maximum absolute atomic E-state index is 3.61. The van der Waals surface area contributed by atoms with Crippen LogP contribution in [0.25, 0.3) is 0 Å². The van der Waals surface area contributed by atoms with E-state index in [-0.39, 0.29) is 0 Å². The second kappa shape index (κ2) is 15.8. The van der Waals surface area contributed by atoms with Gasteiger partial charge in [-0.3, -0.25) is 0 Å². The summed E-state index contributed by atoms with van der Waals surface area (Å²) in [6, 6.07) is 0. The highest BCUT2D eigenvalue weighted by molar-refractivity contribution is 5.05. The topological polar surface area (TPSA) is 0 Å². The van der Waals surface area contributed by atoms with Crippen molar-refractivity contribution in [1.29, 1.82) is 0 Å². The summed E-state index contributed by atoms with van der Waals surface area (Å²) in [5.74, 6) is 3.51. The first kappa shape index (κ1) is 25.7. The molecule has 0 N–H and O–H groups in total.